The van der Waals surface area contributed by atoms with Crippen molar-refractivity contribution < 1.29 is 28.4 Å². The molecule has 0 atom stereocenters. The Morgan fingerprint density at radius 3 is 1.38 bits per heavy atom. The third-order valence-corrected chi connectivity index (χ3v) is 0. The van der Waals surface area contributed by atoms with E-state index in [9.17, 15) is 4.79 Å². The van der Waals surface area contributed by atoms with Crippen LogP contribution in [0.5, 0.6) is 0 Å². The van der Waals surface area contributed by atoms with Gasteiger partial charge in [0.05, 0.1) is 0 Å². The third-order valence-electron chi connectivity index (χ3n) is 0. The van der Waals surface area contributed by atoms with E-state index in [1.165, 1.54) is 27.1 Å². The summed E-state index contributed by atoms with van der Waals surface area (Å²) < 4.78 is 0. The Hall–Kier alpha value is -0.0626. The fraction of sp³-hybridized carbons (Fsp3) is 0.600. The molecule has 8 heavy (non-hydrogen) atoms. The third kappa shape index (κ3) is 36900. The van der Waals surface area contributed by atoms with Crippen LogP contribution in [0.15, 0.2) is 0 Å². The van der Waals surface area contributed by atoms with Gasteiger partial charge in [-0.2, -0.15) is 6.92 Å². The first-order valence-corrected chi connectivity index (χ1v) is 1.91. The Morgan fingerprint density at radius 2 is 1.38 bits per heavy atom. The molecule has 0 radical (unpaired) electrons. The zero-order chi connectivity index (χ0) is 6.28. The molecule has 0 aromatic heterocycles. The maximum atomic E-state index is 9.44. The van der Waals surface area contributed by atoms with Crippen molar-refractivity contribution in [2.45, 2.75) is 20.8 Å². The van der Waals surface area contributed by atoms with Crippen molar-refractivity contribution in [1.29, 1.82) is 0 Å². The van der Waals surface area contributed by atoms with Crippen LogP contribution < -0.4 is 18.9 Å². The first-order chi connectivity index (χ1) is 3.15. The van der Waals surface area contributed by atoms with Crippen molar-refractivity contribution in [3.8, 4) is 0 Å². The number of Topliss-reactive ketones (excluding diaryl/α,β-unsaturated/α-hetero) is 1. The summed E-state index contributed by atoms with van der Waals surface area (Å²) in [5.41, 5.74) is 0. The minimum absolute atomic E-state index is 0. The van der Waals surface area contributed by atoms with Gasteiger partial charge in [0, 0.05) is 0 Å². The Bertz CT molecular complexity index is 57.4. The van der Waals surface area contributed by atoms with Crippen LogP contribution in [0, 0.1) is 0 Å². The van der Waals surface area contributed by atoms with Gasteiger partial charge in [0.1, 0.15) is 5.78 Å². The van der Waals surface area contributed by atoms with Crippen LogP contribution in [0.1, 0.15) is 20.8 Å². The second-order valence-electron chi connectivity index (χ2n) is 1.11. The van der Waals surface area contributed by atoms with Crippen LogP contribution in [0.3, 0.4) is 0 Å². The summed E-state index contributed by atoms with van der Waals surface area (Å²) in [4.78, 5) is 18.1. The van der Waals surface area contributed by atoms with E-state index >= 15 is 0 Å². The van der Waals surface area contributed by atoms with Gasteiger partial charge in [-0.3, -0.25) is 6.29 Å². The van der Waals surface area contributed by atoms with Gasteiger partial charge < -0.3 is 9.59 Å². The molecule has 0 saturated carbocycles. The van der Waals surface area contributed by atoms with Crippen LogP contribution in [-0.4, -0.2) is 12.1 Å². The monoisotopic (exact) mass is 108 g/mol. The molecular weight excluding hydrogens is 99.0 g/mol. The minimum Gasteiger partial charge on any atom is -0.542 e. The van der Waals surface area contributed by atoms with Crippen LogP contribution in [0.4, 0.5) is 0 Å². The molecule has 2 nitrogen and oxygen atoms in total. The van der Waals surface area contributed by atoms with E-state index in [4.69, 9.17) is 4.79 Å². The first-order valence-electron chi connectivity index (χ1n) is 1.91. The van der Waals surface area contributed by atoms with Crippen molar-refractivity contribution in [2.75, 3.05) is 0 Å². The molecule has 0 aliphatic rings. The summed E-state index contributed by atoms with van der Waals surface area (Å²) in [5.74, 6) is 0.167. The predicted molar refractivity (Wildman–Crippen MR) is 27.7 cm³/mol. The molecule has 0 unspecified atom stereocenters. The number of ketones is 1. The number of carbonyl (C=O) groups is 1. The van der Waals surface area contributed by atoms with E-state index in [1.54, 1.807) is 0 Å². The first kappa shape index (κ1) is 15.7. The average Bonchev–Trinajstić information content (AvgIpc) is 1.33. The van der Waals surface area contributed by atoms with Gasteiger partial charge >= 0.3 is 18.9 Å². The molecule has 0 aliphatic heterocycles. The topological polar surface area (TPSA) is 34.1 Å². The summed E-state index contributed by atoms with van der Waals surface area (Å²) in [6.07, 6.45) is 1.50. The Morgan fingerprint density at radius 1 is 1.38 bits per heavy atom. The molecule has 0 saturated heterocycles. The quantitative estimate of drug-likeness (QED) is 0.259. The van der Waals surface area contributed by atoms with Crippen LogP contribution in [-0.2, 0) is 9.59 Å². The summed E-state index contributed by atoms with van der Waals surface area (Å²) in [7, 11) is 0. The SMILES string of the molecule is CC(C)=O.C[C-]=O.[Li+]. The Labute approximate surface area is 61.8 Å². The number of carbonyl (C=O) groups excluding carboxylic acids is 2. The van der Waals surface area contributed by atoms with Gasteiger partial charge in [0.15, 0.2) is 0 Å². The fourth-order valence-electron chi connectivity index (χ4n) is 0. The largest absolute Gasteiger partial charge is 1.00 e. The molecule has 0 rings (SSSR count). The van der Waals surface area contributed by atoms with Crippen molar-refractivity contribution in [3.63, 3.8) is 0 Å². The summed E-state index contributed by atoms with van der Waals surface area (Å²) in [5, 5.41) is 0. The van der Waals surface area contributed by atoms with E-state index in [0.717, 1.165) is 0 Å². The van der Waals surface area contributed by atoms with E-state index in [-0.39, 0.29) is 24.6 Å². The van der Waals surface area contributed by atoms with E-state index in [0.29, 0.717) is 0 Å². The predicted octanol–water partition coefficient (Wildman–Crippen LogP) is -2.28. The van der Waals surface area contributed by atoms with E-state index < -0.39 is 0 Å². The minimum atomic E-state index is 0. The van der Waals surface area contributed by atoms with Crippen molar-refractivity contribution in [2.24, 2.45) is 0 Å². The standard InChI is InChI=1S/C3H6O.C2H3O.Li/c1-3(2)4;1-2-3;/h1-2H3;1H3;/q;-1;+1. The molecule has 0 fully saturated rings. The van der Waals surface area contributed by atoms with Gasteiger partial charge in [-0.05, 0) is 13.8 Å². The molecule has 42 valence electrons. The zero-order valence-corrected chi connectivity index (χ0v) is 5.82. The normalized spacial score (nSPS) is 4.88. The Kier molecular flexibility index (Phi) is 30.9. The molecular formula is C5H9LiO2. The van der Waals surface area contributed by atoms with E-state index in [1.807, 2.05) is 0 Å². The molecule has 0 heterocycles. The molecule has 0 bridgehead atoms. The van der Waals surface area contributed by atoms with Gasteiger partial charge in [0.2, 0.25) is 0 Å². The zero-order valence-electron chi connectivity index (χ0n) is 5.82. The average molecular weight is 108 g/mol. The molecule has 3 heteroatoms. The van der Waals surface area contributed by atoms with Crippen LogP contribution in [0.25, 0.3) is 0 Å². The summed E-state index contributed by atoms with van der Waals surface area (Å²) >= 11 is 0. The fourth-order valence-corrected chi connectivity index (χ4v) is 0. The molecule has 0 amide bonds. The van der Waals surface area contributed by atoms with E-state index in [2.05, 4.69) is 0 Å². The van der Waals surface area contributed by atoms with Crippen molar-refractivity contribution in [1.82, 2.24) is 0 Å². The smallest absolute Gasteiger partial charge is 0.542 e. The Balaban J connectivity index is -0.0000000575. The van der Waals surface area contributed by atoms with Crippen molar-refractivity contribution >= 4 is 12.1 Å². The maximum absolute atomic E-state index is 9.44. The van der Waals surface area contributed by atoms with Crippen LogP contribution >= 0.6 is 0 Å². The second-order valence-corrected chi connectivity index (χ2v) is 1.11. The number of rotatable bonds is 0. The summed E-state index contributed by atoms with van der Waals surface area (Å²) in [6, 6.07) is 0. The van der Waals surface area contributed by atoms with Crippen LogP contribution in [0.2, 0.25) is 0 Å². The molecule has 0 aromatic carbocycles. The maximum Gasteiger partial charge on any atom is 1.00 e. The number of hydrogen-bond donors (Lipinski definition) is 0. The van der Waals surface area contributed by atoms with Crippen molar-refractivity contribution in [3.05, 3.63) is 0 Å². The van der Waals surface area contributed by atoms with Gasteiger partial charge in [-0.15, -0.1) is 0 Å². The van der Waals surface area contributed by atoms with Gasteiger partial charge in [0.25, 0.3) is 0 Å². The van der Waals surface area contributed by atoms with Gasteiger partial charge in [-0.25, -0.2) is 0 Å². The number of hydrogen-bond acceptors (Lipinski definition) is 2. The van der Waals surface area contributed by atoms with Gasteiger partial charge in [-0.1, -0.05) is 0 Å². The molecule has 0 N–H and O–H groups in total. The molecule has 0 aromatic rings. The molecule has 0 aliphatic carbocycles. The second kappa shape index (κ2) is 15.8. The summed E-state index contributed by atoms with van der Waals surface area (Å²) in [6.45, 7) is 4.38. The molecule has 0 spiro atoms.